The number of anilines is 1. The lowest BCUT2D eigenvalue weighted by molar-refractivity contribution is 0.250. The summed E-state index contributed by atoms with van der Waals surface area (Å²) in [5.74, 6) is 0. The minimum Gasteiger partial charge on any atom is -0.369 e. The molecule has 1 fully saturated rings. The lowest BCUT2D eigenvalue weighted by Gasteiger charge is -2.36. The van der Waals surface area contributed by atoms with Gasteiger partial charge in [0.15, 0.2) is 0 Å². The van der Waals surface area contributed by atoms with E-state index in [9.17, 15) is 0 Å². The second kappa shape index (κ2) is 6.95. The third kappa shape index (κ3) is 3.67. The first kappa shape index (κ1) is 15.1. The number of hydrogen-bond acceptors (Lipinski definition) is 3. The standard InChI is InChI=1S/C19H25N3/c1-16-4-2-7-19(12-16)22-10-8-21(9-11-22)15-18-6-3-5-17(13-18)14-20/h2-7,12-13H,8-11,14-15,20H2,1H3. The molecule has 0 unspecified atom stereocenters. The molecule has 3 nitrogen and oxygen atoms in total. The molecular formula is C19H25N3. The molecule has 3 heteroatoms. The van der Waals surface area contributed by atoms with Crippen LogP contribution in [0, 0.1) is 6.92 Å². The SMILES string of the molecule is Cc1cccc(N2CCN(Cc3cccc(CN)c3)CC2)c1. The summed E-state index contributed by atoms with van der Waals surface area (Å²) in [7, 11) is 0. The Morgan fingerprint density at radius 2 is 1.64 bits per heavy atom. The summed E-state index contributed by atoms with van der Waals surface area (Å²) in [5.41, 5.74) is 11.0. The Bertz CT molecular complexity index is 616. The molecular weight excluding hydrogens is 270 g/mol. The molecule has 2 N–H and O–H groups in total. The molecule has 2 aromatic carbocycles. The summed E-state index contributed by atoms with van der Waals surface area (Å²) in [6.45, 7) is 8.22. The Hall–Kier alpha value is -1.84. The zero-order valence-electron chi connectivity index (χ0n) is 13.3. The fourth-order valence-electron chi connectivity index (χ4n) is 3.10. The van der Waals surface area contributed by atoms with Crippen molar-refractivity contribution in [3.8, 4) is 0 Å². The van der Waals surface area contributed by atoms with Crippen LogP contribution < -0.4 is 10.6 Å². The Labute approximate surface area is 133 Å². The summed E-state index contributed by atoms with van der Waals surface area (Å²) < 4.78 is 0. The van der Waals surface area contributed by atoms with E-state index in [0.29, 0.717) is 6.54 Å². The quantitative estimate of drug-likeness (QED) is 0.941. The van der Waals surface area contributed by atoms with Crippen LogP contribution in [0.3, 0.4) is 0 Å². The van der Waals surface area contributed by atoms with Crippen LogP contribution in [0.4, 0.5) is 5.69 Å². The van der Waals surface area contributed by atoms with Gasteiger partial charge in [-0.1, -0.05) is 36.4 Å². The maximum atomic E-state index is 5.73. The van der Waals surface area contributed by atoms with Gasteiger partial charge in [-0.2, -0.15) is 0 Å². The number of hydrogen-bond donors (Lipinski definition) is 1. The van der Waals surface area contributed by atoms with Crippen molar-refractivity contribution in [2.24, 2.45) is 5.73 Å². The molecule has 0 saturated carbocycles. The van der Waals surface area contributed by atoms with Gasteiger partial charge in [0.2, 0.25) is 0 Å². The van der Waals surface area contributed by atoms with Gasteiger partial charge in [-0.25, -0.2) is 0 Å². The number of benzene rings is 2. The molecule has 0 amide bonds. The molecule has 0 bridgehead atoms. The highest BCUT2D eigenvalue weighted by molar-refractivity contribution is 5.48. The maximum absolute atomic E-state index is 5.73. The van der Waals surface area contributed by atoms with Gasteiger partial charge in [-0.15, -0.1) is 0 Å². The Balaban J connectivity index is 1.57. The van der Waals surface area contributed by atoms with E-state index in [-0.39, 0.29) is 0 Å². The van der Waals surface area contributed by atoms with Crippen LogP contribution >= 0.6 is 0 Å². The van der Waals surface area contributed by atoms with E-state index in [1.165, 1.54) is 22.4 Å². The highest BCUT2D eigenvalue weighted by Gasteiger charge is 2.17. The first-order chi connectivity index (χ1) is 10.7. The molecule has 0 aromatic heterocycles. The zero-order chi connectivity index (χ0) is 15.4. The van der Waals surface area contributed by atoms with E-state index >= 15 is 0 Å². The number of aryl methyl sites for hydroxylation is 1. The van der Waals surface area contributed by atoms with Crippen molar-refractivity contribution in [3.05, 3.63) is 65.2 Å². The Morgan fingerprint density at radius 1 is 0.909 bits per heavy atom. The molecule has 3 rings (SSSR count). The van der Waals surface area contributed by atoms with Crippen LogP contribution in [-0.2, 0) is 13.1 Å². The Kier molecular flexibility index (Phi) is 4.76. The van der Waals surface area contributed by atoms with Gasteiger partial charge in [-0.05, 0) is 35.7 Å². The minimum atomic E-state index is 0.620. The van der Waals surface area contributed by atoms with Crippen molar-refractivity contribution in [1.82, 2.24) is 4.90 Å². The molecule has 0 atom stereocenters. The molecule has 1 heterocycles. The van der Waals surface area contributed by atoms with Crippen LogP contribution in [0.5, 0.6) is 0 Å². The van der Waals surface area contributed by atoms with Crippen molar-refractivity contribution in [1.29, 1.82) is 0 Å². The molecule has 1 aliphatic heterocycles. The molecule has 22 heavy (non-hydrogen) atoms. The van der Waals surface area contributed by atoms with Gasteiger partial charge in [-0.3, -0.25) is 4.90 Å². The van der Waals surface area contributed by atoms with Gasteiger partial charge in [0.25, 0.3) is 0 Å². The van der Waals surface area contributed by atoms with Crippen molar-refractivity contribution >= 4 is 5.69 Å². The topological polar surface area (TPSA) is 32.5 Å². The zero-order valence-corrected chi connectivity index (χ0v) is 13.3. The van der Waals surface area contributed by atoms with Gasteiger partial charge in [0.05, 0.1) is 0 Å². The number of rotatable bonds is 4. The number of nitrogens with two attached hydrogens (primary N) is 1. The van der Waals surface area contributed by atoms with E-state index in [1.54, 1.807) is 0 Å². The largest absolute Gasteiger partial charge is 0.369 e. The molecule has 1 saturated heterocycles. The molecule has 1 aliphatic rings. The second-order valence-corrected chi connectivity index (χ2v) is 6.13. The fraction of sp³-hybridized carbons (Fsp3) is 0.368. The van der Waals surface area contributed by atoms with Gasteiger partial charge >= 0.3 is 0 Å². The maximum Gasteiger partial charge on any atom is 0.0369 e. The molecule has 116 valence electrons. The third-order valence-electron chi connectivity index (χ3n) is 4.37. The Morgan fingerprint density at radius 3 is 2.36 bits per heavy atom. The predicted molar refractivity (Wildman–Crippen MR) is 93.0 cm³/mol. The van der Waals surface area contributed by atoms with Crippen LogP contribution in [0.25, 0.3) is 0 Å². The van der Waals surface area contributed by atoms with Crippen molar-refractivity contribution in [2.75, 3.05) is 31.1 Å². The summed E-state index contributed by atoms with van der Waals surface area (Å²) in [6, 6.07) is 17.4. The summed E-state index contributed by atoms with van der Waals surface area (Å²) in [4.78, 5) is 5.02. The van der Waals surface area contributed by atoms with Crippen LogP contribution in [-0.4, -0.2) is 31.1 Å². The van der Waals surface area contributed by atoms with Crippen molar-refractivity contribution < 1.29 is 0 Å². The van der Waals surface area contributed by atoms with Crippen molar-refractivity contribution in [3.63, 3.8) is 0 Å². The minimum absolute atomic E-state index is 0.620. The predicted octanol–water partition coefficient (Wildman–Crippen LogP) is 2.78. The monoisotopic (exact) mass is 295 g/mol. The summed E-state index contributed by atoms with van der Waals surface area (Å²) in [6.07, 6.45) is 0. The second-order valence-electron chi connectivity index (χ2n) is 6.13. The van der Waals surface area contributed by atoms with Crippen LogP contribution in [0.1, 0.15) is 16.7 Å². The highest BCUT2D eigenvalue weighted by atomic mass is 15.3. The molecule has 0 spiro atoms. The normalized spacial score (nSPS) is 16.0. The average Bonchev–Trinajstić information content (AvgIpc) is 2.56. The van der Waals surface area contributed by atoms with E-state index in [0.717, 1.165) is 32.7 Å². The van der Waals surface area contributed by atoms with Gasteiger partial charge < -0.3 is 10.6 Å². The van der Waals surface area contributed by atoms with Crippen LogP contribution in [0.15, 0.2) is 48.5 Å². The van der Waals surface area contributed by atoms with E-state index in [4.69, 9.17) is 5.73 Å². The lowest BCUT2D eigenvalue weighted by atomic mass is 10.1. The first-order valence-electron chi connectivity index (χ1n) is 8.06. The molecule has 0 aliphatic carbocycles. The smallest absolute Gasteiger partial charge is 0.0369 e. The van der Waals surface area contributed by atoms with Crippen molar-refractivity contribution in [2.45, 2.75) is 20.0 Å². The van der Waals surface area contributed by atoms with E-state index in [2.05, 4.69) is 65.3 Å². The molecule has 2 aromatic rings. The summed E-state index contributed by atoms with van der Waals surface area (Å²) in [5, 5.41) is 0. The highest BCUT2D eigenvalue weighted by Crippen LogP contribution is 2.18. The fourth-order valence-corrected chi connectivity index (χ4v) is 3.10. The molecule has 0 radical (unpaired) electrons. The van der Waals surface area contributed by atoms with Gasteiger partial charge in [0, 0.05) is 45.0 Å². The average molecular weight is 295 g/mol. The van der Waals surface area contributed by atoms with Gasteiger partial charge in [0.1, 0.15) is 0 Å². The van der Waals surface area contributed by atoms with Crippen LogP contribution in [0.2, 0.25) is 0 Å². The number of nitrogens with zero attached hydrogens (tertiary/aromatic N) is 2. The first-order valence-corrected chi connectivity index (χ1v) is 8.06. The number of piperazine rings is 1. The summed E-state index contributed by atoms with van der Waals surface area (Å²) >= 11 is 0. The van der Waals surface area contributed by atoms with E-state index < -0.39 is 0 Å². The van der Waals surface area contributed by atoms with E-state index in [1.807, 2.05) is 0 Å². The lowest BCUT2D eigenvalue weighted by Crippen LogP contribution is -2.46. The third-order valence-corrected chi connectivity index (χ3v) is 4.37.